The molecule has 1 aliphatic heterocycles. The van der Waals surface area contributed by atoms with Crippen molar-refractivity contribution in [3.63, 3.8) is 0 Å². The van der Waals surface area contributed by atoms with E-state index in [4.69, 9.17) is 4.74 Å². The first kappa shape index (κ1) is 17.9. The minimum absolute atomic E-state index is 0.227. The summed E-state index contributed by atoms with van der Waals surface area (Å²) in [7, 11) is -3.45. The van der Waals surface area contributed by atoms with Gasteiger partial charge in [-0.25, -0.2) is 12.8 Å². The van der Waals surface area contributed by atoms with Crippen molar-refractivity contribution >= 4 is 10.0 Å². The second-order valence-corrected chi connectivity index (χ2v) is 8.26. The third kappa shape index (κ3) is 4.02. The van der Waals surface area contributed by atoms with E-state index in [1.807, 2.05) is 19.1 Å². The number of benzene rings is 2. The van der Waals surface area contributed by atoms with Crippen LogP contribution in [-0.4, -0.2) is 32.4 Å². The lowest BCUT2D eigenvalue weighted by Gasteiger charge is -2.18. The third-order valence-electron chi connectivity index (χ3n) is 4.58. The zero-order chi connectivity index (χ0) is 17.9. The van der Waals surface area contributed by atoms with Gasteiger partial charge in [0.1, 0.15) is 0 Å². The Labute approximate surface area is 148 Å². The van der Waals surface area contributed by atoms with Gasteiger partial charge >= 0.3 is 0 Å². The predicted octanol–water partition coefficient (Wildman–Crippen LogP) is 3.61. The molecule has 25 heavy (non-hydrogen) atoms. The van der Waals surface area contributed by atoms with E-state index in [-0.39, 0.29) is 17.5 Å². The topological polar surface area (TPSA) is 46.6 Å². The van der Waals surface area contributed by atoms with Crippen LogP contribution in [0.15, 0.2) is 53.4 Å². The van der Waals surface area contributed by atoms with Crippen molar-refractivity contribution in [2.45, 2.75) is 24.7 Å². The van der Waals surface area contributed by atoms with Crippen molar-refractivity contribution in [2.24, 2.45) is 5.92 Å². The third-order valence-corrected chi connectivity index (χ3v) is 6.61. The highest BCUT2D eigenvalue weighted by molar-refractivity contribution is 7.89. The van der Waals surface area contributed by atoms with Gasteiger partial charge in [0.2, 0.25) is 10.0 Å². The number of aryl methyl sites for hydroxylation is 1. The van der Waals surface area contributed by atoms with Crippen LogP contribution in [0, 0.1) is 18.7 Å². The molecular weight excluding hydrogens is 341 g/mol. The Morgan fingerprint density at radius 1 is 1.16 bits per heavy atom. The normalized spacial score (nSPS) is 18.4. The van der Waals surface area contributed by atoms with Crippen LogP contribution in [0.3, 0.4) is 0 Å². The number of ether oxygens (including phenoxy) is 1. The molecule has 1 heterocycles. The van der Waals surface area contributed by atoms with Gasteiger partial charge in [0.15, 0.2) is 11.6 Å². The quantitative estimate of drug-likeness (QED) is 0.788. The highest BCUT2D eigenvalue weighted by atomic mass is 32.2. The fourth-order valence-corrected chi connectivity index (χ4v) is 4.89. The summed E-state index contributed by atoms with van der Waals surface area (Å²) in [6.07, 6.45) is 1.50. The predicted molar refractivity (Wildman–Crippen MR) is 94.6 cm³/mol. The monoisotopic (exact) mass is 363 g/mol. The minimum Gasteiger partial charge on any atom is -0.491 e. The number of halogens is 1. The van der Waals surface area contributed by atoms with Gasteiger partial charge in [-0.2, -0.15) is 4.31 Å². The van der Waals surface area contributed by atoms with Gasteiger partial charge in [0, 0.05) is 13.1 Å². The Morgan fingerprint density at radius 2 is 1.88 bits per heavy atom. The summed E-state index contributed by atoms with van der Waals surface area (Å²) < 4.78 is 46.1. The highest BCUT2D eigenvalue weighted by Gasteiger charge is 2.33. The molecule has 6 heteroatoms. The fraction of sp³-hybridized carbons (Fsp3) is 0.368. The van der Waals surface area contributed by atoms with Gasteiger partial charge in [0.25, 0.3) is 0 Å². The molecule has 1 aliphatic rings. The molecule has 0 amide bonds. The summed E-state index contributed by atoms with van der Waals surface area (Å²) in [4.78, 5) is 0.373. The SMILES string of the molecule is Cc1ccccc1S(=O)(=O)N1CCC(CCOc2ccccc2F)C1. The van der Waals surface area contributed by atoms with E-state index < -0.39 is 10.0 Å². The average Bonchev–Trinajstić information content (AvgIpc) is 3.07. The number of rotatable bonds is 6. The lowest BCUT2D eigenvalue weighted by Crippen LogP contribution is -2.29. The molecule has 0 aliphatic carbocycles. The molecule has 0 N–H and O–H groups in total. The van der Waals surface area contributed by atoms with Crippen LogP contribution >= 0.6 is 0 Å². The maximum Gasteiger partial charge on any atom is 0.243 e. The number of sulfonamides is 1. The summed E-state index contributed by atoms with van der Waals surface area (Å²) in [6, 6.07) is 13.3. The Kier molecular flexibility index (Phi) is 5.39. The van der Waals surface area contributed by atoms with E-state index in [0.29, 0.717) is 31.0 Å². The molecule has 0 bridgehead atoms. The molecule has 3 rings (SSSR count). The van der Waals surface area contributed by atoms with Crippen molar-refractivity contribution in [3.8, 4) is 5.75 Å². The van der Waals surface area contributed by atoms with Gasteiger partial charge in [-0.15, -0.1) is 0 Å². The summed E-state index contributed by atoms with van der Waals surface area (Å²) in [5.74, 6) is 0.0909. The Balaban J connectivity index is 1.57. The molecule has 1 unspecified atom stereocenters. The van der Waals surface area contributed by atoms with E-state index in [2.05, 4.69) is 0 Å². The fourth-order valence-electron chi connectivity index (χ4n) is 3.13. The van der Waals surface area contributed by atoms with Crippen LogP contribution in [0.4, 0.5) is 4.39 Å². The minimum atomic E-state index is -3.45. The summed E-state index contributed by atoms with van der Waals surface area (Å²) in [5, 5.41) is 0. The maximum atomic E-state index is 13.5. The van der Waals surface area contributed by atoms with E-state index >= 15 is 0 Å². The molecule has 0 saturated carbocycles. The number of nitrogens with zero attached hydrogens (tertiary/aromatic N) is 1. The van der Waals surface area contributed by atoms with Crippen molar-refractivity contribution in [2.75, 3.05) is 19.7 Å². The molecule has 2 aromatic rings. The molecule has 1 atom stereocenters. The van der Waals surface area contributed by atoms with Gasteiger partial charge in [-0.3, -0.25) is 0 Å². The van der Waals surface area contributed by atoms with Crippen molar-refractivity contribution in [3.05, 3.63) is 59.9 Å². The summed E-state index contributed by atoms with van der Waals surface area (Å²) >= 11 is 0. The van der Waals surface area contributed by atoms with Crippen LogP contribution in [0.5, 0.6) is 5.75 Å². The highest BCUT2D eigenvalue weighted by Crippen LogP contribution is 2.28. The van der Waals surface area contributed by atoms with E-state index in [9.17, 15) is 12.8 Å². The van der Waals surface area contributed by atoms with Gasteiger partial charge < -0.3 is 4.74 Å². The van der Waals surface area contributed by atoms with Crippen LogP contribution in [0.1, 0.15) is 18.4 Å². The lowest BCUT2D eigenvalue weighted by molar-refractivity contribution is 0.269. The molecule has 134 valence electrons. The Hall–Kier alpha value is -1.92. The molecule has 1 saturated heterocycles. The first-order valence-electron chi connectivity index (χ1n) is 8.41. The average molecular weight is 363 g/mol. The molecule has 0 radical (unpaired) electrons. The second kappa shape index (κ2) is 7.54. The molecule has 0 spiro atoms. The summed E-state index contributed by atoms with van der Waals surface area (Å²) in [6.45, 7) is 3.19. The first-order chi connectivity index (χ1) is 12.0. The number of hydrogen-bond acceptors (Lipinski definition) is 3. The van der Waals surface area contributed by atoms with Gasteiger partial charge in [0.05, 0.1) is 11.5 Å². The number of para-hydroxylation sites is 1. The zero-order valence-electron chi connectivity index (χ0n) is 14.2. The van der Waals surface area contributed by atoms with E-state index in [1.165, 1.54) is 6.07 Å². The van der Waals surface area contributed by atoms with Gasteiger partial charge in [-0.05, 0) is 49.4 Å². The second-order valence-electron chi connectivity index (χ2n) is 6.35. The Bertz CT molecular complexity index is 838. The van der Waals surface area contributed by atoms with E-state index in [0.717, 1.165) is 12.0 Å². The lowest BCUT2D eigenvalue weighted by atomic mass is 10.1. The molecule has 2 aromatic carbocycles. The maximum absolute atomic E-state index is 13.5. The van der Waals surface area contributed by atoms with E-state index in [1.54, 1.807) is 34.6 Å². The molecule has 1 fully saturated rings. The van der Waals surface area contributed by atoms with Gasteiger partial charge in [-0.1, -0.05) is 30.3 Å². The van der Waals surface area contributed by atoms with Crippen molar-refractivity contribution < 1.29 is 17.5 Å². The molecule has 0 aromatic heterocycles. The summed E-state index contributed by atoms with van der Waals surface area (Å²) in [5.41, 5.74) is 0.758. The first-order valence-corrected chi connectivity index (χ1v) is 9.85. The standard InChI is InChI=1S/C19H22FNO3S/c1-15-6-2-5-9-19(15)25(22,23)21-12-10-16(14-21)11-13-24-18-8-4-3-7-17(18)20/h2-9,16H,10-14H2,1H3. The zero-order valence-corrected chi connectivity index (χ0v) is 15.0. The van der Waals surface area contributed by atoms with Crippen molar-refractivity contribution in [1.29, 1.82) is 0 Å². The van der Waals surface area contributed by atoms with Crippen LogP contribution < -0.4 is 4.74 Å². The largest absolute Gasteiger partial charge is 0.491 e. The van der Waals surface area contributed by atoms with Crippen LogP contribution in [0.25, 0.3) is 0 Å². The van der Waals surface area contributed by atoms with Crippen LogP contribution in [-0.2, 0) is 10.0 Å². The number of hydrogen-bond donors (Lipinski definition) is 0. The van der Waals surface area contributed by atoms with Crippen LogP contribution in [0.2, 0.25) is 0 Å². The molecule has 4 nitrogen and oxygen atoms in total. The molecular formula is C19H22FNO3S. The van der Waals surface area contributed by atoms with Crippen molar-refractivity contribution in [1.82, 2.24) is 4.31 Å². The smallest absolute Gasteiger partial charge is 0.243 e. The Morgan fingerprint density at radius 3 is 2.64 bits per heavy atom.